The number of halogens is 2. The van der Waals surface area contributed by atoms with Gasteiger partial charge in [0, 0.05) is 16.2 Å². The van der Waals surface area contributed by atoms with Gasteiger partial charge in [-0.25, -0.2) is 4.39 Å². The Labute approximate surface area is 187 Å². The van der Waals surface area contributed by atoms with E-state index in [0.29, 0.717) is 24.4 Å². The molecule has 1 N–H and O–H groups in total. The SMILES string of the molecule is O=C(Nc1cnn(Cc2ccc(F)cc2)c1)c1cccc(COc2ccc(Br)cc2)c1. The van der Waals surface area contributed by atoms with Crippen LogP contribution in [0, 0.1) is 5.82 Å². The Kier molecular flexibility index (Phi) is 6.43. The van der Waals surface area contributed by atoms with Crippen LogP contribution in [0.1, 0.15) is 21.5 Å². The molecule has 4 rings (SSSR count). The summed E-state index contributed by atoms with van der Waals surface area (Å²) in [4.78, 5) is 12.6. The van der Waals surface area contributed by atoms with Crippen molar-refractivity contribution in [2.75, 3.05) is 5.32 Å². The zero-order chi connectivity index (χ0) is 21.6. The number of benzene rings is 3. The average molecular weight is 480 g/mol. The minimum absolute atomic E-state index is 0.230. The molecule has 0 aliphatic carbocycles. The highest BCUT2D eigenvalue weighted by atomic mass is 79.9. The van der Waals surface area contributed by atoms with Gasteiger partial charge in [0.05, 0.1) is 18.4 Å². The highest BCUT2D eigenvalue weighted by Crippen LogP contribution is 2.18. The van der Waals surface area contributed by atoms with Crippen LogP contribution in [-0.2, 0) is 13.2 Å². The molecule has 5 nitrogen and oxygen atoms in total. The Morgan fingerprint density at radius 3 is 2.58 bits per heavy atom. The number of aromatic nitrogens is 2. The molecule has 4 aromatic rings. The Balaban J connectivity index is 1.36. The topological polar surface area (TPSA) is 56.2 Å². The normalized spacial score (nSPS) is 10.6. The van der Waals surface area contributed by atoms with Crippen LogP contribution in [0.2, 0.25) is 0 Å². The molecule has 0 spiro atoms. The molecule has 0 saturated carbocycles. The van der Waals surface area contributed by atoms with E-state index >= 15 is 0 Å². The molecule has 0 bridgehead atoms. The van der Waals surface area contributed by atoms with Gasteiger partial charge in [-0.05, 0) is 59.7 Å². The van der Waals surface area contributed by atoms with Gasteiger partial charge < -0.3 is 10.1 Å². The second-order valence-electron chi connectivity index (χ2n) is 6.95. The van der Waals surface area contributed by atoms with E-state index in [-0.39, 0.29) is 11.7 Å². The van der Waals surface area contributed by atoms with Crippen molar-refractivity contribution in [3.8, 4) is 5.75 Å². The average Bonchev–Trinajstić information content (AvgIpc) is 3.22. The van der Waals surface area contributed by atoms with E-state index in [1.807, 2.05) is 36.4 Å². The smallest absolute Gasteiger partial charge is 0.255 e. The number of hydrogen-bond acceptors (Lipinski definition) is 3. The number of nitrogens with zero attached hydrogens (tertiary/aromatic N) is 2. The summed E-state index contributed by atoms with van der Waals surface area (Å²) in [5.74, 6) is 0.250. The molecular weight excluding hydrogens is 461 g/mol. The van der Waals surface area contributed by atoms with Crippen LogP contribution in [0.25, 0.3) is 0 Å². The van der Waals surface area contributed by atoms with Crippen LogP contribution < -0.4 is 10.1 Å². The second-order valence-corrected chi connectivity index (χ2v) is 7.87. The first-order valence-corrected chi connectivity index (χ1v) is 10.4. The first-order chi connectivity index (χ1) is 15.0. The number of ether oxygens (including phenoxy) is 1. The molecule has 156 valence electrons. The second kappa shape index (κ2) is 9.57. The van der Waals surface area contributed by atoms with E-state index in [9.17, 15) is 9.18 Å². The Bertz CT molecular complexity index is 1170. The standard InChI is InChI=1S/C24H19BrFN3O2/c25-20-6-10-23(11-7-20)31-16-18-2-1-3-19(12-18)24(30)28-22-13-27-29(15-22)14-17-4-8-21(26)9-5-17/h1-13,15H,14,16H2,(H,28,30). The molecule has 0 fully saturated rings. The third-order valence-electron chi connectivity index (χ3n) is 4.56. The van der Waals surface area contributed by atoms with E-state index in [0.717, 1.165) is 21.3 Å². The summed E-state index contributed by atoms with van der Waals surface area (Å²) in [6.45, 7) is 0.845. The molecule has 31 heavy (non-hydrogen) atoms. The van der Waals surface area contributed by atoms with Crippen LogP contribution in [0.4, 0.5) is 10.1 Å². The number of rotatable bonds is 7. The van der Waals surface area contributed by atoms with E-state index in [1.54, 1.807) is 41.3 Å². The molecule has 0 radical (unpaired) electrons. The van der Waals surface area contributed by atoms with Crippen LogP contribution >= 0.6 is 15.9 Å². The monoisotopic (exact) mass is 479 g/mol. The van der Waals surface area contributed by atoms with Gasteiger partial charge in [-0.15, -0.1) is 0 Å². The van der Waals surface area contributed by atoms with Crippen LogP contribution in [0.5, 0.6) is 5.75 Å². The summed E-state index contributed by atoms with van der Waals surface area (Å²) >= 11 is 3.39. The molecule has 0 atom stereocenters. The van der Waals surface area contributed by atoms with Crippen molar-refractivity contribution in [2.24, 2.45) is 0 Å². The lowest BCUT2D eigenvalue weighted by molar-refractivity contribution is 0.102. The molecule has 0 aliphatic rings. The van der Waals surface area contributed by atoms with Crippen molar-refractivity contribution in [2.45, 2.75) is 13.2 Å². The summed E-state index contributed by atoms with van der Waals surface area (Å²) in [5, 5.41) is 7.10. The van der Waals surface area contributed by atoms with E-state index in [2.05, 4.69) is 26.3 Å². The Morgan fingerprint density at radius 2 is 1.81 bits per heavy atom. The molecule has 0 aliphatic heterocycles. The zero-order valence-corrected chi connectivity index (χ0v) is 18.0. The van der Waals surface area contributed by atoms with E-state index < -0.39 is 0 Å². The zero-order valence-electron chi connectivity index (χ0n) is 16.5. The van der Waals surface area contributed by atoms with Crippen LogP contribution in [-0.4, -0.2) is 15.7 Å². The van der Waals surface area contributed by atoms with Crippen molar-refractivity contribution in [3.63, 3.8) is 0 Å². The molecule has 1 aromatic heterocycles. The quantitative estimate of drug-likeness (QED) is 0.371. The van der Waals surface area contributed by atoms with Crippen molar-refractivity contribution in [1.29, 1.82) is 0 Å². The molecule has 7 heteroatoms. The Morgan fingerprint density at radius 1 is 1.03 bits per heavy atom. The molecule has 1 heterocycles. The van der Waals surface area contributed by atoms with Gasteiger partial charge >= 0.3 is 0 Å². The van der Waals surface area contributed by atoms with E-state index in [4.69, 9.17) is 4.74 Å². The van der Waals surface area contributed by atoms with Gasteiger partial charge in [0.15, 0.2) is 0 Å². The third-order valence-corrected chi connectivity index (χ3v) is 5.09. The van der Waals surface area contributed by atoms with Crippen LogP contribution in [0.15, 0.2) is 89.7 Å². The van der Waals surface area contributed by atoms with Gasteiger partial charge in [-0.2, -0.15) is 5.10 Å². The number of carbonyl (C=O) groups is 1. The number of nitrogens with one attached hydrogen (secondary N) is 1. The Hall–Kier alpha value is -3.45. The van der Waals surface area contributed by atoms with Crippen LogP contribution in [0.3, 0.4) is 0 Å². The molecule has 1 amide bonds. The molecule has 3 aromatic carbocycles. The van der Waals surface area contributed by atoms with Gasteiger partial charge in [0.25, 0.3) is 5.91 Å². The first-order valence-electron chi connectivity index (χ1n) is 9.61. The minimum atomic E-state index is -0.276. The van der Waals surface area contributed by atoms with Gasteiger partial charge in [-0.3, -0.25) is 9.48 Å². The van der Waals surface area contributed by atoms with Crippen molar-refractivity contribution < 1.29 is 13.9 Å². The predicted molar refractivity (Wildman–Crippen MR) is 121 cm³/mol. The number of anilines is 1. The highest BCUT2D eigenvalue weighted by Gasteiger charge is 2.09. The van der Waals surface area contributed by atoms with Crippen molar-refractivity contribution in [3.05, 3.63) is 112 Å². The van der Waals surface area contributed by atoms with Crippen molar-refractivity contribution >= 4 is 27.5 Å². The fraction of sp³-hybridized carbons (Fsp3) is 0.0833. The lowest BCUT2D eigenvalue weighted by Crippen LogP contribution is -2.12. The number of amides is 1. The maximum Gasteiger partial charge on any atom is 0.255 e. The molecule has 0 saturated heterocycles. The summed E-state index contributed by atoms with van der Waals surface area (Å²) in [7, 11) is 0. The highest BCUT2D eigenvalue weighted by molar-refractivity contribution is 9.10. The largest absolute Gasteiger partial charge is 0.489 e. The fourth-order valence-electron chi connectivity index (χ4n) is 2.99. The van der Waals surface area contributed by atoms with Gasteiger partial charge in [0.2, 0.25) is 0 Å². The summed E-state index contributed by atoms with van der Waals surface area (Å²) in [5.41, 5.74) is 2.93. The summed E-state index contributed by atoms with van der Waals surface area (Å²) in [6, 6.07) is 21.1. The molecular formula is C24H19BrFN3O2. The maximum atomic E-state index is 13.0. The van der Waals surface area contributed by atoms with E-state index in [1.165, 1.54) is 12.1 Å². The number of carbonyl (C=O) groups excluding carboxylic acids is 1. The first kappa shape index (κ1) is 20.8. The van der Waals surface area contributed by atoms with Gasteiger partial charge in [-0.1, -0.05) is 40.2 Å². The van der Waals surface area contributed by atoms with Gasteiger partial charge in [0.1, 0.15) is 18.2 Å². The maximum absolute atomic E-state index is 13.0. The molecule has 0 unspecified atom stereocenters. The lowest BCUT2D eigenvalue weighted by atomic mass is 10.1. The third kappa shape index (κ3) is 5.79. The summed E-state index contributed by atoms with van der Waals surface area (Å²) < 4.78 is 21.5. The van der Waals surface area contributed by atoms with Crippen molar-refractivity contribution in [1.82, 2.24) is 9.78 Å². The lowest BCUT2D eigenvalue weighted by Gasteiger charge is -2.08. The predicted octanol–water partition coefficient (Wildman–Crippen LogP) is 5.66. The minimum Gasteiger partial charge on any atom is -0.489 e. The summed E-state index contributed by atoms with van der Waals surface area (Å²) in [6.07, 6.45) is 3.32. The fourth-order valence-corrected chi connectivity index (χ4v) is 3.26. The number of hydrogen-bond donors (Lipinski definition) is 1.